The molecule has 0 bridgehead atoms. The lowest BCUT2D eigenvalue weighted by molar-refractivity contribution is 0.0681. The smallest absolute Gasteiger partial charge is 0.254 e. The van der Waals surface area contributed by atoms with Crippen LogP contribution in [-0.2, 0) is 22.8 Å². The molecule has 0 aliphatic carbocycles. The van der Waals surface area contributed by atoms with Gasteiger partial charge < -0.3 is 9.64 Å². The van der Waals surface area contributed by atoms with Crippen molar-refractivity contribution in [3.63, 3.8) is 0 Å². The summed E-state index contributed by atoms with van der Waals surface area (Å²) in [6.07, 6.45) is 3.08. The zero-order valence-electron chi connectivity index (χ0n) is 16.7. The van der Waals surface area contributed by atoms with Crippen LogP contribution >= 0.6 is 0 Å². The summed E-state index contributed by atoms with van der Waals surface area (Å²) in [5.41, 5.74) is 2.74. The first-order valence-corrected chi connectivity index (χ1v) is 11.7. The maximum atomic E-state index is 13.3. The van der Waals surface area contributed by atoms with Gasteiger partial charge in [0.15, 0.2) is 9.84 Å². The van der Waals surface area contributed by atoms with E-state index in [1.807, 2.05) is 12.1 Å². The summed E-state index contributed by atoms with van der Waals surface area (Å²) in [5, 5.41) is 0. The molecular weight excluding hydrogens is 386 g/mol. The number of sulfone groups is 1. The van der Waals surface area contributed by atoms with Gasteiger partial charge in [0.2, 0.25) is 0 Å². The lowest BCUT2D eigenvalue weighted by atomic mass is 10.1. The van der Waals surface area contributed by atoms with Gasteiger partial charge in [0, 0.05) is 18.2 Å². The zero-order valence-corrected chi connectivity index (χ0v) is 17.5. The van der Waals surface area contributed by atoms with E-state index < -0.39 is 9.84 Å². The SMILES string of the molecule is C=CCOc1ccc(C(=O)N(Cc2ccc(CC)cc2)[C@@H]2CCS(=O)(=O)C2)cc1. The minimum atomic E-state index is -3.10. The first kappa shape index (κ1) is 21.1. The van der Waals surface area contributed by atoms with Crippen molar-refractivity contribution in [2.75, 3.05) is 18.1 Å². The summed E-state index contributed by atoms with van der Waals surface area (Å²) in [5.74, 6) is 0.644. The molecule has 0 saturated carbocycles. The summed E-state index contributed by atoms with van der Waals surface area (Å²) in [6, 6.07) is 14.7. The van der Waals surface area contributed by atoms with Crippen molar-refractivity contribution in [2.24, 2.45) is 0 Å². The third-order valence-electron chi connectivity index (χ3n) is 5.16. The second-order valence-electron chi connectivity index (χ2n) is 7.28. The van der Waals surface area contributed by atoms with Crippen molar-refractivity contribution in [3.05, 3.63) is 77.9 Å². The van der Waals surface area contributed by atoms with Gasteiger partial charge in [-0.15, -0.1) is 0 Å². The van der Waals surface area contributed by atoms with E-state index in [-0.39, 0.29) is 23.5 Å². The van der Waals surface area contributed by atoms with E-state index in [2.05, 4.69) is 25.6 Å². The van der Waals surface area contributed by atoms with Crippen molar-refractivity contribution in [2.45, 2.75) is 32.4 Å². The first-order chi connectivity index (χ1) is 13.9. The number of aryl methyl sites for hydroxylation is 1. The Morgan fingerprint density at radius 1 is 1.14 bits per heavy atom. The fourth-order valence-electron chi connectivity index (χ4n) is 3.48. The molecule has 2 aromatic rings. The molecule has 6 heteroatoms. The second-order valence-corrected chi connectivity index (χ2v) is 9.51. The molecule has 1 saturated heterocycles. The van der Waals surface area contributed by atoms with Crippen LogP contribution in [0.15, 0.2) is 61.2 Å². The van der Waals surface area contributed by atoms with Crippen molar-refractivity contribution < 1.29 is 17.9 Å². The third kappa shape index (κ3) is 5.48. The van der Waals surface area contributed by atoms with E-state index in [1.54, 1.807) is 35.2 Å². The number of hydrogen-bond donors (Lipinski definition) is 0. The molecule has 0 aromatic heterocycles. The molecule has 0 unspecified atom stereocenters. The Balaban J connectivity index is 1.83. The van der Waals surface area contributed by atoms with Crippen LogP contribution in [0.3, 0.4) is 0 Å². The highest BCUT2D eigenvalue weighted by Gasteiger charge is 2.35. The summed E-state index contributed by atoms with van der Waals surface area (Å²) in [4.78, 5) is 15.0. The molecule has 0 spiro atoms. The normalized spacial score (nSPS) is 17.6. The van der Waals surface area contributed by atoms with Crippen LogP contribution in [0.1, 0.15) is 34.8 Å². The molecule has 1 atom stereocenters. The van der Waals surface area contributed by atoms with E-state index in [9.17, 15) is 13.2 Å². The van der Waals surface area contributed by atoms with Crippen LogP contribution < -0.4 is 4.74 Å². The molecule has 1 fully saturated rings. The van der Waals surface area contributed by atoms with E-state index in [0.29, 0.717) is 30.9 Å². The Morgan fingerprint density at radius 2 is 1.79 bits per heavy atom. The van der Waals surface area contributed by atoms with E-state index in [1.165, 1.54) is 5.56 Å². The van der Waals surface area contributed by atoms with Gasteiger partial charge in [-0.05, 0) is 48.2 Å². The van der Waals surface area contributed by atoms with Crippen LogP contribution in [0.2, 0.25) is 0 Å². The van der Waals surface area contributed by atoms with Gasteiger partial charge in [-0.1, -0.05) is 43.8 Å². The highest BCUT2D eigenvalue weighted by molar-refractivity contribution is 7.91. The molecule has 1 heterocycles. The number of carbonyl (C=O) groups is 1. The minimum absolute atomic E-state index is 0.0202. The summed E-state index contributed by atoms with van der Waals surface area (Å²) >= 11 is 0. The molecule has 3 rings (SSSR count). The molecule has 5 nitrogen and oxygen atoms in total. The van der Waals surface area contributed by atoms with Crippen molar-refractivity contribution in [1.29, 1.82) is 0 Å². The van der Waals surface area contributed by atoms with Crippen molar-refractivity contribution >= 4 is 15.7 Å². The Morgan fingerprint density at radius 3 is 2.34 bits per heavy atom. The Kier molecular flexibility index (Phi) is 6.75. The van der Waals surface area contributed by atoms with Crippen LogP contribution in [-0.4, -0.2) is 43.4 Å². The number of hydrogen-bond acceptors (Lipinski definition) is 4. The van der Waals surface area contributed by atoms with Gasteiger partial charge in [-0.3, -0.25) is 4.79 Å². The molecule has 2 aromatic carbocycles. The molecule has 29 heavy (non-hydrogen) atoms. The van der Waals surface area contributed by atoms with Crippen LogP contribution in [0.4, 0.5) is 0 Å². The maximum absolute atomic E-state index is 13.3. The number of ether oxygens (including phenoxy) is 1. The fourth-order valence-corrected chi connectivity index (χ4v) is 5.21. The number of carbonyl (C=O) groups excluding carboxylic acids is 1. The van der Waals surface area contributed by atoms with Crippen LogP contribution in [0.25, 0.3) is 0 Å². The first-order valence-electron chi connectivity index (χ1n) is 9.85. The number of rotatable bonds is 8. The number of benzene rings is 2. The molecule has 1 aliphatic heterocycles. The monoisotopic (exact) mass is 413 g/mol. The quantitative estimate of drug-likeness (QED) is 0.620. The minimum Gasteiger partial charge on any atom is -0.490 e. The molecule has 0 N–H and O–H groups in total. The Bertz CT molecular complexity index is 949. The highest BCUT2D eigenvalue weighted by Crippen LogP contribution is 2.23. The molecule has 0 radical (unpaired) electrons. The average Bonchev–Trinajstić information content (AvgIpc) is 3.10. The lowest BCUT2D eigenvalue weighted by Crippen LogP contribution is -2.40. The number of amides is 1. The lowest BCUT2D eigenvalue weighted by Gasteiger charge is -2.28. The average molecular weight is 414 g/mol. The Hall–Kier alpha value is -2.60. The molecule has 1 aliphatic rings. The highest BCUT2D eigenvalue weighted by atomic mass is 32.2. The van der Waals surface area contributed by atoms with Gasteiger partial charge >= 0.3 is 0 Å². The maximum Gasteiger partial charge on any atom is 0.254 e. The third-order valence-corrected chi connectivity index (χ3v) is 6.91. The standard InChI is InChI=1S/C23H27NO4S/c1-3-14-28-22-11-9-20(10-12-22)23(25)24(21-13-15-29(26,27)17-21)16-19-7-5-18(4-2)6-8-19/h3,5-12,21H,1,4,13-17H2,2H3/t21-/m1/s1. The molecule has 1 amide bonds. The van der Waals surface area contributed by atoms with Crippen molar-refractivity contribution in [1.82, 2.24) is 4.90 Å². The van der Waals surface area contributed by atoms with Crippen LogP contribution in [0.5, 0.6) is 5.75 Å². The van der Waals surface area contributed by atoms with Gasteiger partial charge in [0.05, 0.1) is 11.5 Å². The Labute approximate surface area is 172 Å². The zero-order chi connectivity index (χ0) is 20.9. The van der Waals surface area contributed by atoms with Gasteiger partial charge in [0.1, 0.15) is 12.4 Å². The summed E-state index contributed by atoms with van der Waals surface area (Å²) in [7, 11) is -3.10. The van der Waals surface area contributed by atoms with Gasteiger partial charge in [-0.25, -0.2) is 8.42 Å². The molecule has 154 valence electrons. The molecular formula is C23H27NO4S. The summed E-state index contributed by atoms with van der Waals surface area (Å²) in [6.45, 7) is 6.49. The predicted octanol–water partition coefficient (Wildman–Crippen LogP) is 3.64. The van der Waals surface area contributed by atoms with E-state index in [0.717, 1.165) is 12.0 Å². The number of nitrogens with zero attached hydrogens (tertiary/aromatic N) is 1. The second kappa shape index (κ2) is 9.27. The fraction of sp³-hybridized carbons (Fsp3) is 0.348. The predicted molar refractivity (Wildman–Crippen MR) is 115 cm³/mol. The topological polar surface area (TPSA) is 63.7 Å². The van der Waals surface area contributed by atoms with Crippen LogP contribution in [0, 0.1) is 0 Å². The summed E-state index contributed by atoms with van der Waals surface area (Å²) < 4.78 is 29.5. The largest absolute Gasteiger partial charge is 0.490 e. The van der Waals surface area contributed by atoms with Gasteiger partial charge in [-0.2, -0.15) is 0 Å². The van der Waals surface area contributed by atoms with Gasteiger partial charge in [0.25, 0.3) is 5.91 Å². The van der Waals surface area contributed by atoms with Crippen molar-refractivity contribution in [3.8, 4) is 5.75 Å². The van der Waals surface area contributed by atoms with E-state index >= 15 is 0 Å². The van der Waals surface area contributed by atoms with E-state index in [4.69, 9.17) is 4.74 Å².